The Morgan fingerprint density at radius 1 is 1.26 bits per heavy atom. The minimum absolute atomic E-state index is 0.319. The van der Waals surface area contributed by atoms with Crippen molar-refractivity contribution < 1.29 is 4.39 Å². The van der Waals surface area contributed by atoms with E-state index in [1.165, 1.54) is 10.6 Å². The van der Waals surface area contributed by atoms with Crippen LogP contribution in [0.4, 0.5) is 10.2 Å². The van der Waals surface area contributed by atoms with Gasteiger partial charge in [0.25, 0.3) is 0 Å². The number of rotatable bonds is 2. The Kier molecular flexibility index (Phi) is 3.40. The number of H-pyrrole nitrogens is 1. The Labute approximate surface area is 153 Å². The van der Waals surface area contributed by atoms with Gasteiger partial charge in [-0.15, -0.1) is 0 Å². The first kappa shape index (κ1) is 15.5. The fourth-order valence-corrected chi connectivity index (χ4v) is 3.60. The van der Waals surface area contributed by atoms with E-state index in [0.717, 1.165) is 17.8 Å². The van der Waals surface area contributed by atoms with Crippen LogP contribution in [0.25, 0.3) is 5.52 Å². The van der Waals surface area contributed by atoms with Gasteiger partial charge in [-0.25, -0.2) is 18.9 Å². The number of fused-ring (bicyclic) bond motifs is 2. The number of pyridine rings is 2. The summed E-state index contributed by atoms with van der Waals surface area (Å²) in [5.74, 6) is 0.343. The number of aromatic nitrogens is 5. The van der Waals surface area contributed by atoms with Gasteiger partial charge < -0.3 is 9.88 Å². The van der Waals surface area contributed by atoms with Crippen molar-refractivity contribution in [3.8, 4) is 6.07 Å². The lowest BCUT2D eigenvalue weighted by Crippen LogP contribution is -2.37. The molecular formula is C19H14FN7. The van der Waals surface area contributed by atoms with Crippen LogP contribution < -0.4 is 4.90 Å². The van der Waals surface area contributed by atoms with Crippen LogP contribution in [0.5, 0.6) is 0 Å². The Morgan fingerprint density at radius 3 is 3.04 bits per heavy atom. The highest BCUT2D eigenvalue weighted by Crippen LogP contribution is 2.36. The molecule has 1 atom stereocenters. The van der Waals surface area contributed by atoms with E-state index in [2.05, 4.69) is 31.0 Å². The number of halogens is 1. The third kappa shape index (κ3) is 2.44. The standard InChI is InChI=1S/C19H14FN7/c20-13-4-2-7-27-16(13)9-15(25-27)19-18-14(22-11-23-18)6-8-26(19)17-5-1-3-12(10-21)24-17/h1-5,7,9,11,19H,6,8H2,(H,22,23)/t19-/m0/s1. The first-order valence-electron chi connectivity index (χ1n) is 8.54. The Bertz CT molecular complexity index is 1190. The number of nitriles is 1. The van der Waals surface area contributed by atoms with E-state index in [4.69, 9.17) is 0 Å². The topological polar surface area (TPSA) is 85.9 Å². The van der Waals surface area contributed by atoms with E-state index in [-0.39, 0.29) is 11.9 Å². The maximum atomic E-state index is 14.2. The van der Waals surface area contributed by atoms with Crippen LogP contribution >= 0.6 is 0 Å². The van der Waals surface area contributed by atoms with Crippen LogP contribution in [0.3, 0.4) is 0 Å². The maximum Gasteiger partial charge on any atom is 0.148 e. The molecule has 0 aliphatic carbocycles. The number of imidazole rings is 1. The average molecular weight is 359 g/mol. The van der Waals surface area contributed by atoms with Gasteiger partial charge in [0, 0.05) is 24.9 Å². The third-order valence-corrected chi connectivity index (χ3v) is 4.82. The molecule has 0 saturated heterocycles. The van der Waals surface area contributed by atoms with Crippen molar-refractivity contribution in [2.24, 2.45) is 0 Å². The summed E-state index contributed by atoms with van der Waals surface area (Å²) in [6, 6.07) is 11.9. The molecule has 4 aromatic rings. The predicted octanol–water partition coefficient (Wildman–Crippen LogP) is 2.62. The SMILES string of the molecule is N#Cc1cccc(N2CCc3[nH]cnc3[C@@H]2c2cc3c(F)cccn3n2)n1. The molecule has 0 radical (unpaired) electrons. The van der Waals surface area contributed by atoms with E-state index >= 15 is 0 Å². The van der Waals surface area contributed by atoms with Crippen LogP contribution in [0.1, 0.15) is 28.8 Å². The molecule has 0 amide bonds. The molecule has 0 fully saturated rings. The lowest BCUT2D eigenvalue weighted by atomic mass is 9.99. The molecule has 7 nitrogen and oxygen atoms in total. The second kappa shape index (κ2) is 5.92. The number of hydrogen-bond donors (Lipinski definition) is 1. The van der Waals surface area contributed by atoms with Crippen LogP contribution in [-0.4, -0.2) is 31.1 Å². The number of aromatic amines is 1. The van der Waals surface area contributed by atoms with Gasteiger partial charge in [0.05, 0.1) is 17.7 Å². The minimum Gasteiger partial charge on any atom is -0.348 e. The molecule has 5 heterocycles. The second-order valence-electron chi connectivity index (χ2n) is 6.36. The molecule has 0 saturated carbocycles. The molecule has 1 aliphatic heterocycles. The van der Waals surface area contributed by atoms with E-state index in [0.29, 0.717) is 29.3 Å². The molecule has 1 N–H and O–H groups in total. The molecule has 0 unspecified atom stereocenters. The fourth-order valence-electron chi connectivity index (χ4n) is 3.60. The highest BCUT2D eigenvalue weighted by Gasteiger charge is 2.34. The summed E-state index contributed by atoms with van der Waals surface area (Å²) < 4.78 is 15.7. The first-order chi connectivity index (χ1) is 13.2. The number of nitrogens with zero attached hydrogens (tertiary/aromatic N) is 6. The van der Waals surface area contributed by atoms with Gasteiger partial charge in [-0.1, -0.05) is 6.07 Å². The van der Waals surface area contributed by atoms with Gasteiger partial charge in [0.2, 0.25) is 0 Å². The lowest BCUT2D eigenvalue weighted by Gasteiger charge is -2.34. The zero-order chi connectivity index (χ0) is 18.4. The van der Waals surface area contributed by atoms with E-state index in [1.54, 1.807) is 36.8 Å². The average Bonchev–Trinajstić information content (AvgIpc) is 3.34. The highest BCUT2D eigenvalue weighted by molar-refractivity contribution is 5.54. The Balaban J connectivity index is 1.69. The van der Waals surface area contributed by atoms with Gasteiger partial charge in [0.15, 0.2) is 0 Å². The summed E-state index contributed by atoms with van der Waals surface area (Å²) in [6.45, 7) is 0.679. The summed E-state index contributed by atoms with van der Waals surface area (Å²) in [7, 11) is 0. The lowest BCUT2D eigenvalue weighted by molar-refractivity contribution is 0.609. The highest BCUT2D eigenvalue weighted by atomic mass is 19.1. The van der Waals surface area contributed by atoms with Gasteiger partial charge in [0.1, 0.15) is 35.0 Å². The largest absolute Gasteiger partial charge is 0.348 e. The van der Waals surface area contributed by atoms with Crippen LogP contribution in [0.2, 0.25) is 0 Å². The Hall–Kier alpha value is -3.73. The van der Waals surface area contributed by atoms with Crippen molar-refractivity contribution in [3.63, 3.8) is 0 Å². The predicted molar refractivity (Wildman–Crippen MR) is 95.6 cm³/mol. The fraction of sp³-hybridized carbons (Fsp3) is 0.158. The smallest absolute Gasteiger partial charge is 0.148 e. The van der Waals surface area contributed by atoms with Crippen molar-refractivity contribution in [1.29, 1.82) is 5.26 Å². The van der Waals surface area contributed by atoms with Gasteiger partial charge >= 0.3 is 0 Å². The molecule has 0 spiro atoms. The zero-order valence-electron chi connectivity index (χ0n) is 14.2. The first-order valence-corrected chi connectivity index (χ1v) is 8.54. The van der Waals surface area contributed by atoms with Crippen molar-refractivity contribution >= 4 is 11.3 Å². The quantitative estimate of drug-likeness (QED) is 0.595. The molecular weight excluding hydrogens is 345 g/mol. The molecule has 0 aromatic carbocycles. The molecule has 5 rings (SSSR count). The summed E-state index contributed by atoms with van der Waals surface area (Å²) >= 11 is 0. The molecule has 4 aromatic heterocycles. The van der Waals surface area contributed by atoms with Crippen LogP contribution in [0, 0.1) is 17.1 Å². The minimum atomic E-state index is -0.328. The molecule has 27 heavy (non-hydrogen) atoms. The maximum absolute atomic E-state index is 14.2. The van der Waals surface area contributed by atoms with Crippen LogP contribution in [0.15, 0.2) is 48.9 Å². The normalized spacial score (nSPS) is 16.3. The monoisotopic (exact) mass is 359 g/mol. The van der Waals surface area contributed by atoms with Crippen molar-refractivity contribution in [3.05, 3.63) is 77.5 Å². The summed E-state index contributed by atoms with van der Waals surface area (Å²) in [4.78, 5) is 14.2. The van der Waals surface area contributed by atoms with Crippen molar-refractivity contribution in [1.82, 2.24) is 24.6 Å². The van der Waals surface area contributed by atoms with Crippen molar-refractivity contribution in [2.45, 2.75) is 12.5 Å². The molecule has 0 bridgehead atoms. The number of anilines is 1. The summed E-state index contributed by atoms with van der Waals surface area (Å²) in [5.41, 5.74) is 3.31. The van der Waals surface area contributed by atoms with E-state index < -0.39 is 0 Å². The molecule has 1 aliphatic rings. The second-order valence-corrected chi connectivity index (χ2v) is 6.36. The zero-order valence-corrected chi connectivity index (χ0v) is 14.2. The van der Waals surface area contributed by atoms with Crippen molar-refractivity contribution in [2.75, 3.05) is 11.4 Å². The molecule has 8 heteroatoms. The van der Waals surface area contributed by atoms with Gasteiger partial charge in [-0.3, -0.25) is 0 Å². The van der Waals surface area contributed by atoms with E-state index in [9.17, 15) is 9.65 Å². The van der Waals surface area contributed by atoms with Gasteiger partial charge in [-0.2, -0.15) is 10.4 Å². The Morgan fingerprint density at radius 2 is 2.19 bits per heavy atom. The summed E-state index contributed by atoms with van der Waals surface area (Å²) in [5, 5.41) is 13.8. The number of hydrogen-bond acceptors (Lipinski definition) is 5. The third-order valence-electron chi connectivity index (χ3n) is 4.82. The van der Waals surface area contributed by atoms with Gasteiger partial charge in [-0.05, 0) is 30.3 Å². The molecule has 132 valence electrons. The van der Waals surface area contributed by atoms with E-state index in [1.807, 2.05) is 6.07 Å². The number of nitrogens with one attached hydrogen (secondary N) is 1. The van der Waals surface area contributed by atoms with Crippen LogP contribution in [-0.2, 0) is 6.42 Å². The summed E-state index contributed by atoms with van der Waals surface area (Å²) in [6.07, 6.45) is 4.15.